The van der Waals surface area contributed by atoms with Crippen LogP contribution in [0.2, 0.25) is 0 Å². The summed E-state index contributed by atoms with van der Waals surface area (Å²) in [4.78, 5) is 4.97. The molecule has 0 aromatic rings. The van der Waals surface area contributed by atoms with Gasteiger partial charge < -0.3 is 4.90 Å². The molecule has 0 aromatic carbocycles. The van der Waals surface area contributed by atoms with Gasteiger partial charge in [-0.05, 0) is 51.6 Å². The Labute approximate surface area is 126 Å². The van der Waals surface area contributed by atoms with Crippen molar-refractivity contribution in [3.8, 4) is 0 Å². The van der Waals surface area contributed by atoms with E-state index in [0.29, 0.717) is 11.5 Å². The summed E-state index contributed by atoms with van der Waals surface area (Å²) in [6.07, 6.45) is 8.41. The van der Waals surface area contributed by atoms with Crippen molar-refractivity contribution in [1.82, 2.24) is 9.80 Å². The van der Waals surface area contributed by atoms with Gasteiger partial charge in [0.2, 0.25) is 0 Å². The van der Waals surface area contributed by atoms with Crippen molar-refractivity contribution in [2.24, 2.45) is 5.41 Å². The van der Waals surface area contributed by atoms with Gasteiger partial charge >= 0.3 is 0 Å². The molecule has 3 heteroatoms. The predicted molar refractivity (Wildman–Crippen MR) is 89.3 cm³/mol. The fourth-order valence-corrected chi connectivity index (χ4v) is 3.92. The van der Waals surface area contributed by atoms with Crippen LogP contribution >= 0.6 is 12.6 Å². The quantitative estimate of drug-likeness (QED) is 0.565. The lowest BCUT2D eigenvalue weighted by Gasteiger charge is -2.40. The minimum Gasteiger partial charge on any atom is -0.308 e. The largest absolute Gasteiger partial charge is 0.308 e. The van der Waals surface area contributed by atoms with E-state index in [2.05, 4.69) is 37.7 Å². The molecule has 1 fully saturated rings. The number of thiol groups is 1. The SMILES string of the molecule is CCN(CC1(CS)CCCCCC1)C(C)CN(C)C. The number of rotatable bonds is 7. The van der Waals surface area contributed by atoms with Gasteiger partial charge in [-0.25, -0.2) is 0 Å². The summed E-state index contributed by atoms with van der Waals surface area (Å²) in [7, 11) is 4.34. The molecule has 19 heavy (non-hydrogen) atoms. The van der Waals surface area contributed by atoms with Crippen LogP contribution in [0.25, 0.3) is 0 Å². The average molecular weight is 287 g/mol. The van der Waals surface area contributed by atoms with E-state index in [-0.39, 0.29) is 0 Å². The first-order chi connectivity index (χ1) is 9.03. The molecule has 1 aliphatic carbocycles. The van der Waals surface area contributed by atoms with E-state index in [1.807, 2.05) is 0 Å². The Morgan fingerprint density at radius 2 is 1.68 bits per heavy atom. The Bertz CT molecular complexity index is 235. The van der Waals surface area contributed by atoms with Gasteiger partial charge in [-0.15, -0.1) is 0 Å². The summed E-state index contributed by atoms with van der Waals surface area (Å²) in [6, 6.07) is 0.639. The number of hydrogen-bond acceptors (Lipinski definition) is 3. The zero-order valence-corrected chi connectivity index (χ0v) is 14.4. The third-order valence-electron chi connectivity index (χ3n) is 4.70. The number of likely N-dealkylation sites (N-methyl/N-ethyl adjacent to an activating group) is 2. The third kappa shape index (κ3) is 5.65. The fourth-order valence-electron chi connectivity index (χ4n) is 3.50. The molecule has 2 nitrogen and oxygen atoms in total. The first-order valence-corrected chi connectivity index (χ1v) is 8.66. The topological polar surface area (TPSA) is 6.48 Å². The highest BCUT2D eigenvalue weighted by atomic mass is 32.1. The summed E-state index contributed by atoms with van der Waals surface area (Å²) in [6.45, 7) is 8.21. The van der Waals surface area contributed by atoms with Crippen LogP contribution in [0.4, 0.5) is 0 Å². The molecule has 114 valence electrons. The molecular formula is C16H34N2S. The van der Waals surface area contributed by atoms with Gasteiger partial charge in [-0.1, -0.05) is 32.6 Å². The molecule has 1 rings (SSSR count). The zero-order valence-electron chi connectivity index (χ0n) is 13.5. The number of hydrogen-bond donors (Lipinski definition) is 1. The minimum absolute atomic E-state index is 0.468. The van der Waals surface area contributed by atoms with Gasteiger partial charge in [0.25, 0.3) is 0 Å². The molecule has 0 radical (unpaired) electrons. The van der Waals surface area contributed by atoms with Crippen molar-refractivity contribution in [2.75, 3.05) is 39.5 Å². The summed E-state index contributed by atoms with van der Waals surface area (Å²) < 4.78 is 0. The Morgan fingerprint density at radius 3 is 2.11 bits per heavy atom. The second-order valence-corrected chi connectivity index (χ2v) is 7.06. The molecule has 0 amide bonds. The van der Waals surface area contributed by atoms with Gasteiger partial charge in [0.15, 0.2) is 0 Å². The highest BCUT2D eigenvalue weighted by Crippen LogP contribution is 2.37. The standard InChI is InChI=1S/C16H34N2S/c1-5-18(15(2)12-17(3)4)13-16(14-19)10-8-6-7-9-11-16/h15,19H,5-14H2,1-4H3. The Balaban J connectivity index is 2.64. The van der Waals surface area contributed by atoms with Crippen molar-refractivity contribution in [1.29, 1.82) is 0 Å². The Hall–Kier alpha value is 0.270. The van der Waals surface area contributed by atoms with E-state index in [4.69, 9.17) is 12.6 Å². The molecule has 1 atom stereocenters. The highest BCUT2D eigenvalue weighted by molar-refractivity contribution is 7.80. The van der Waals surface area contributed by atoms with Crippen LogP contribution in [0.5, 0.6) is 0 Å². The molecule has 0 saturated heterocycles. The van der Waals surface area contributed by atoms with Crippen LogP contribution in [-0.4, -0.2) is 55.3 Å². The zero-order chi connectivity index (χ0) is 14.3. The molecule has 0 bridgehead atoms. The van der Waals surface area contributed by atoms with Crippen molar-refractivity contribution in [2.45, 2.75) is 58.4 Å². The van der Waals surface area contributed by atoms with Crippen LogP contribution in [0, 0.1) is 5.41 Å². The molecule has 0 aromatic heterocycles. The second-order valence-electron chi connectivity index (χ2n) is 6.75. The molecule has 1 aliphatic rings. The molecule has 0 N–H and O–H groups in total. The summed E-state index contributed by atoms with van der Waals surface area (Å²) in [5, 5.41) is 0. The first kappa shape index (κ1) is 17.3. The maximum absolute atomic E-state index is 4.71. The predicted octanol–water partition coefficient (Wildman–Crippen LogP) is 3.53. The van der Waals surface area contributed by atoms with Crippen molar-refractivity contribution < 1.29 is 0 Å². The van der Waals surface area contributed by atoms with Crippen molar-refractivity contribution >= 4 is 12.6 Å². The Kier molecular flexibility index (Phi) is 7.78. The lowest BCUT2D eigenvalue weighted by molar-refractivity contribution is 0.107. The fraction of sp³-hybridized carbons (Fsp3) is 1.00. The maximum Gasteiger partial charge on any atom is 0.0194 e. The van der Waals surface area contributed by atoms with Crippen molar-refractivity contribution in [3.63, 3.8) is 0 Å². The molecule has 1 saturated carbocycles. The van der Waals surface area contributed by atoms with Crippen LogP contribution in [0.15, 0.2) is 0 Å². The Morgan fingerprint density at radius 1 is 1.11 bits per heavy atom. The minimum atomic E-state index is 0.468. The van der Waals surface area contributed by atoms with E-state index < -0.39 is 0 Å². The number of nitrogens with zero attached hydrogens (tertiary/aromatic N) is 2. The van der Waals surface area contributed by atoms with Crippen LogP contribution in [0.3, 0.4) is 0 Å². The van der Waals surface area contributed by atoms with Crippen LogP contribution in [0.1, 0.15) is 52.4 Å². The van der Waals surface area contributed by atoms with E-state index in [0.717, 1.165) is 18.8 Å². The van der Waals surface area contributed by atoms with Gasteiger partial charge in [0.1, 0.15) is 0 Å². The first-order valence-electron chi connectivity index (χ1n) is 8.02. The normalized spacial score (nSPS) is 21.6. The monoisotopic (exact) mass is 286 g/mol. The van der Waals surface area contributed by atoms with Gasteiger partial charge in [0.05, 0.1) is 0 Å². The second kappa shape index (κ2) is 8.53. The highest BCUT2D eigenvalue weighted by Gasteiger charge is 2.32. The molecule has 0 heterocycles. The maximum atomic E-state index is 4.71. The summed E-state index contributed by atoms with van der Waals surface area (Å²) in [5.41, 5.74) is 0.468. The third-order valence-corrected chi connectivity index (χ3v) is 5.37. The summed E-state index contributed by atoms with van der Waals surface area (Å²) >= 11 is 4.71. The van der Waals surface area contributed by atoms with E-state index in [1.165, 1.54) is 45.1 Å². The van der Waals surface area contributed by atoms with E-state index in [9.17, 15) is 0 Å². The molecular weight excluding hydrogens is 252 g/mol. The van der Waals surface area contributed by atoms with Crippen LogP contribution < -0.4 is 0 Å². The van der Waals surface area contributed by atoms with E-state index in [1.54, 1.807) is 0 Å². The summed E-state index contributed by atoms with van der Waals surface area (Å²) in [5.74, 6) is 1.05. The average Bonchev–Trinajstić information content (AvgIpc) is 2.61. The van der Waals surface area contributed by atoms with Gasteiger partial charge in [-0.2, -0.15) is 12.6 Å². The molecule has 0 aliphatic heterocycles. The molecule has 1 unspecified atom stereocenters. The van der Waals surface area contributed by atoms with Crippen LogP contribution in [-0.2, 0) is 0 Å². The van der Waals surface area contributed by atoms with E-state index >= 15 is 0 Å². The lowest BCUT2D eigenvalue weighted by Crippen LogP contribution is -2.46. The van der Waals surface area contributed by atoms with Gasteiger partial charge in [-0.3, -0.25) is 4.90 Å². The smallest absolute Gasteiger partial charge is 0.0194 e. The molecule has 0 spiro atoms. The van der Waals surface area contributed by atoms with Crippen molar-refractivity contribution in [3.05, 3.63) is 0 Å². The van der Waals surface area contributed by atoms with Gasteiger partial charge in [0, 0.05) is 19.1 Å². The lowest BCUT2D eigenvalue weighted by atomic mass is 9.81.